The molecule has 1 saturated carbocycles. The normalized spacial score (nSPS) is 35.2. The molecule has 6 unspecified atom stereocenters. The van der Waals surface area contributed by atoms with Crippen LogP contribution in [0.25, 0.3) is 0 Å². The minimum Gasteiger partial charge on any atom is -0.743 e. The number of carbonyl (C=O) groups is 2. The zero-order valence-electron chi connectivity index (χ0n) is 17.0. The number of esters is 2. The van der Waals surface area contributed by atoms with Gasteiger partial charge in [0, 0.05) is 11.2 Å². The zero-order chi connectivity index (χ0) is 24.4. The largest absolute Gasteiger partial charge is 0.743 e. The summed E-state index contributed by atoms with van der Waals surface area (Å²) in [6.07, 6.45) is -0.595. The Bertz CT molecular complexity index is 922. The van der Waals surface area contributed by atoms with E-state index in [2.05, 4.69) is 4.74 Å². The van der Waals surface area contributed by atoms with Crippen LogP contribution in [-0.2, 0) is 33.9 Å². The summed E-state index contributed by atoms with van der Waals surface area (Å²) in [4.78, 5) is 24.3. The average molecular weight is 521 g/mol. The number of thioether (sulfide) groups is 1. The van der Waals surface area contributed by atoms with E-state index in [0.29, 0.717) is 12.8 Å². The van der Waals surface area contributed by atoms with Gasteiger partial charge in [0.15, 0.2) is 10.1 Å². The van der Waals surface area contributed by atoms with Crippen molar-refractivity contribution in [1.29, 1.82) is 0 Å². The van der Waals surface area contributed by atoms with Crippen LogP contribution in [-0.4, -0.2) is 82.7 Å². The Balaban J connectivity index is 1.32. The van der Waals surface area contributed by atoms with Crippen LogP contribution in [0.5, 0.6) is 0 Å². The number of hydrogen-bond acceptors (Lipinski definition) is 10. The average Bonchev–Trinajstić information content (AvgIpc) is 3.42. The highest BCUT2D eigenvalue weighted by molar-refractivity contribution is 8.01. The number of rotatable bonds is 9. The lowest BCUT2D eigenvalue weighted by Gasteiger charge is -2.39. The Morgan fingerprint density at radius 3 is 2.48 bits per heavy atom. The summed E-state index contributed by atoms with van der Waals surface area (Å²) >= 11 is 1.44. The Morgan fingerprint density at radius 1 is 1.24 bits per heavy atom. The molecule has 4 aliphatic rings. The van der Waals surface area contributed by atoms with E-state index < -0.39 is 82.5 Å². The fourth-order valence-electron chi connectivity index (χ4n) is 5.30. The third-order valence-electron chi connectivity index (χ3n) is 6.81. The molecule has 3 aliphatic heterocycles. The van der Waals surface area contributed by atoms with Gasteiger partial charge in [-0.3, -0.25) is 4.79 Å². The molecule has 188 valence electrons. The first-order valence-corrected chi connectivity index (χ1v) is 12.6. The van der Waals surface area contributed by atoms with Gasteiger partial charge in [0.05, 0.1) is 29.8 Å². The number of halogens is 4. The summed E-state index contributed by atoms with van der Waals surface area (Å²) in [6, 6.07) is 0. The SMILES string of the molecule is O=C(COC1C2OC(=O)C3C2SC1C3C1(O)CCCC1)OCCC(F)(F)C(F)(F)S(=O)(=O)[O-]. The summed E-state index contributed by atoms with van der Waals surface area (Å²) in [5.74, 6) is -7.76. The van der Waals surface area contributed by atoms with Crippen LogP contribution >= 0.6 is 11.8 Å². The van der Waals surface area contributed by atoms with E-state index in [-0.39, 0.29) is 10.5 Å². The van der Waals surface area contributed by atoms with Gasteiger partial charge in [0.2, 0.25) is 0 Å². The molecular weight excluding hydrogens is 500 g/mol. The van der Waals surface area contributed by atoms with Crippen molar-refractivity contribution < 1.29 is 59.4 Å². The summed E-state index contributed by atoms with van der Waals surface area (Å²) < 4.78 is 99.5. The van der Waals surface area contributed by atoms with Crippen molar-refractivity contribution in [3.05, 3.63) is 0 Å². The van der Waals surface area contributed by atoms with E-state index in [4.69, 9.17) is 9.47 Å². The molecule has 1 N–H and O–H groups in total. The predicted molar refractivity (Wildman–Crippen MR) is 100 cm³/mol. The van der Waals surface area contributed by atoms with Crippen LogP contribution in [0.4, 0.5) is 17.6 Å². The predicted octanol–water partition coefficient (Wildman–Crippen LogP) is 1.04. The van der Waals surface area contributed by atoms with Gasteiger partial charge < -0.3 is 23.9 Å². The van der Waals surface area contributed by atoms with Crippen LogP contribution < -0.4 is 0 Å². The number of aliphatic hydroxyl groups is 1. The monoisotopic (exact) mass is 521 g/mol. The number of fused-ring (bicyclic) bond motifs is 1. The molecule has 0 aromatic heterocycles. The van der Waals surface area contributed by atoms with Gasteiger partial charge in [-0.1, -0.05) is 12.8 Å². The Kier molecular flexibility index (Phi) is 6.21. The molecular formula is C18H21F4O9S2-. The number of carbonyl (C=O) groups excluding carboxylic acids is 2. The van der Waals surface area contributed by atoms with E-state index in [1.807, 2.05) is 0 Å². The zero-order valence-corrected chi connectivity index (χ0v) is 18.6. The first kappa shape index (κ1) is 24.9. The topological polar surface area (TPSA) is 139 Å². The number of hydrogen-bond donors (Lipinski definition) is 1. The quantitative estimate of drug-likeness (QED) is 0.266. The lowest BCUT2D eigenvalue weighted by atomic mass is 9.69. The maximum Gasteiger partial charge on any atom is 0.396 e. The lowest BCUT2D eigenvalue weighted by Crippen LogP contribution is -2.53. The highest BCUT2D eigenvalue weighted by Gasteiger charge is 2.72. The van der Waals surface area contributed by atoms with Crippen molar-refractivity contribution in [2.24, 2.45) is 11.8 Å². The summed E-state index contributed by atoms with van der Waals surface area (Å²) in [7, 11) is -6.63. The molecule has 0 aromatic rings. The third kappa shape index (κ3) is 4.02. The van der Waals surface area contributed by atoms with E-state index in [9.17, 15) is 45.2 Å². The van der Waals surface area contributed by atoms with Crippen molar-refractivity contribution in [3.8, 4) is 0 Å². The van der Waals surface area contributed by atoms with Crippen LogP contribution in [0.2, 0.25) is 0 Å². The van der Waals surface area contributed by atoms with Gasteiger partial charge in [-0.15, -0.1) is 11.8 Å². The van der Waals surface area contributed by atoms with Gasteiger partial charge in [0.1, 0.15) is 18.8 Å². The van der Waals surface area contributed by atoms with E-state index in [1.165, 1.54) is 11.8 Å². The molecule has 2 bridgehead atoms. The second-order valence-electron chi connectivity index (χ2n) is 8.75. The van der Waals surface area contributed by atoms with Crippen molar-refractivity contribution in [3.63, 3.8) is 0 Å². The summed E-state index contributed by atoms with van der Waals surface area (Å²) in [5.41, 5.74) is -1.05. The fraction of sp³-hybridized carbons (Fsp3) is 0.889. The Morgan fingerprint density at radius 2 is 1.88 bits per heavy atom. The molecule has 15 heteroatoms. The summed E-state index contributed by atoms with van der Waals surface area (Å²) in [5, 5.41) is 4.66. The molecule has 0 radical (unpaired) electrons. The smallest absolute Gasteiger partial charge is 0.396 e. The molecule has 4 rings (SSSR count). The number of ether oxygens (including phenoxy) is 3. The molecule has 4 fully saturated rings. The molecule has 0 amide bonds. The number of alkyl halides is 4. The minimum atomic E-state index is -6.63. The first-order chi connectivity index (χ1) is 15.2. The molecule has 9 nitrogen and oxygen atoms in total. The maximum atomic E-state index is 13.4. The second kappa shape index (κ2) is 8.21. The second-order valence-corrected chi connectivity index (χ2v) is 11.5. The van der Waals surface area contributed by atoms with Crippen LogP contribution in [0.3, 0.4) is 0 Å². The van der Waals surface area contributed by atoms with Crippen LogP contribution in [0, 0.1) is 11.8 Å². The standard InChI is InChI=1S/C18H22F4O9S2/c19-17(20,18(21,22)33(26,27)28)5-6-29-8(23)7-30-11-12-13-9(15(24)31-12)10(14(11)32-13)16(25)3-1-2-4-16/h9-14,25H,1-7H2,(H,26,27,28)/p-1. The molecule has 1 aliphatic carbocycles. The lowest BCUT2D eigenvalue weighted by molar-refractivity contribution is -0.177. The maximum absolute atomic E-state index is 13.4. The Hall–Kier alpha value is -1.16. The van der Waals surface area contributed by atoms with Crippen molar-refractivity contribution >= 4 is 33.8 Å². The van der Waals surface area contributed by atoms with E-state index in [0.717, 1.165) is 12.8 Å². The van der Waals surface area contributed by atoms with Gasteiger partial charge >= 0.3 is 23.1 Å². The summed E-state index contributed by atoms with van der Waals surface area (Å²) in [6.45, 7) is -2.05. The highest BCUT2D eigenvalue weighted by Crippen LogP contribution is 2.63. The molecule has 3 saturated heterocycles. The molecule has 3 heterocycles. The van der Waals surface area contributed by atoms with Crippen LogP contribution in [0.15, 0.2) is 0 Å². The third-order valence-corrected chi connectivity index (χ3v) is 9.49. The van der Waals surface area contributed by atoms with Crippen LogP contribution in [0.1, 0.15) is 32.1 Å². The molecule has 0 aromatic carbocycles. The van der Waals surface area contributed by atoms with Crippen molar-refractivity contribution in [1.82, 2.24) is 0 Å². The van der Waals surface area contributed by atoms with Crippen molar-refractivity contribution in [2.75, 3.05) is 13.2 Å². The molecule has 6 atom stereocenters. The molecule has 33 heavy (non-hydrogen) atoms. The van der Waals surface area contributed by atoms with Gasteiger partial charge in [-0.05, 0) is 12.8 Å². The Labute approximate surface area is 190 Å². The fourth-order valence-corrected chi connectivity index (χ4v) is 7.93. The van der Waals surface area contributed by atoms with E-state index >= 15 is 0 Å². The first-order valence-electron chi connectivity index (χ1n) is 10.3. The van der Waals surface area contributed by atoms with E-state index in [1.54, 1.807) is 0 Å². The van der Waals surface area contributed by atoms with Gasteiger partial charge in [-0.25, -0.2) is 13.2 Å². The highest BCUT2D eigenvalue weighted by atomic mass is 32.2. The van der Waals surface area contributed by atoms with Gasteiger partial charge in [0.25, 0.3) is 0 Å². The minimum absolute atomic E-state index is 0.242. The molecule has 0 spiro atoms. The van der Waals surface area contributed by atoms with Gasteiger partial charge in [-0.2, -0.15) is 17.6 Å². The van der Waals surface area contributed by atoms with Crippen molar-refractivity contribution in [2.45, 2.75) is 71.6 Å².